The van der Waals surface area contributed by atoms with Gasteiger partial charge in [0.05, 0.1) is 7.05 Å². The van der Waals surface area contributed by atoms with Crippen molar-refractivity contribution >= 4 is 11.0 Å². The minimum atomic E-state index is -0.559. The number of benzene rings is 2. The van der Waals surface area contributed by atoms with E-state index in [1.165, 1.54) is 0 Å². The topological polar surface area (TPSA) is 38.3 Å². The van der Waals surface area contributed by atoms with Gasteiger partial charge in [-0.1, -0.05) is 24.3 Å². The van der Waals surface area contributed by atoms with Gasteiger partial charge in [-0.05, 0) is 36.8 Å². The summed E-state index contributed by atoms with van der Waals surface area (Å²) in [4.78, 5) is 0. The van der Waals surface area contributed by atoms with Gasteiger partial charge in [-0.3, -0.25) is 0 Å². The summed E-state index contributed by atoms with van der Waals surface area (Å²) in [5, 5.41) is 10.2. The van der Waals surface area contributed by atoms with Gasteiger partial charge in [0, 0.05) is 0 Å². The van der Waals surface area contributed by atoms with E-state index in [1.54, 1.807) is 0 Å². The van der Waals surface area contributed by atoms with Gasteiger partial charge >= 0.3 is 0 Å². The molecule has 0 saturated heterocycles. The molecule has 0 spiro atoms. The highest BCUT2D eigenvalue weighted by molar-refractivity contribution is 5.71. The number of fused-ring (bicyclic) bond motifs is 1. The van der Waals surface area contributed by atoms with E-state index >= 15 is 0 Å². The highest BCUT2D eigenvalue weighted by atomic mass is 127. The lowest BCUT2D eigenvalue weighted by Gasteiger charge is -2.11. The third-order valence-corrected chi connectivity index (χ3v) is 3.72. The molecular weight excluding hydrogens is 403 g/mol. The number of ether oxygens (including phenoxy) is 1. The Morgan fingerprint density at radius 1 is 1.17 bits per heavy atom. The number of aromatic nitrogens is 2. The van der Waals surface area contributed by atoms with Crippen LogP contribution >= 0.6 is 0 Å². The maximum atomic E-state index is 10.2. The van der Waals surface area contributed by atoms with Crippen LogP contribution in [0.2, 0.25) is 0 Å². The van der Waals surface area contributed by atoms with Crippen molar-refractivity contribution in [2.75, 3.05) is 6.61 Å². The van der Waals surface area contributed by atoms with Crippen LogP contribution in [0.1, 0.15) is 5.56 Å². The third-order valence-electron chi connectivity index (χ3n) is 3.72. The molecule has 5 heteroatoms. The zero-order chi connectivity index (χ0) is 15.5. The van der Waals surface area contributed by atoms with Gasteiger partial charge in [0.2, 0.25) is 6.33 Å². The predicted molar refractivity (Wildman–Crippen MR) is 85.8 cm³/mol. The zero-order valence-electron chi connectivity index (χ0n) is 13.3. The van der Waals surface area contributed by atoms with Crippen LogP contribution in [0.25, 0.3) is 11.0 Å². The summed E-state index contributed by atoms with van der Waals surface area (Å²) in [6.45, 7) is 2.81. The summed E-state index contributed by atoms with van der Waals surface area (Å²) in [6.07, 6.45) is 1.44. The van der Waals surface area contributed by atoms with Crippen LogP contribution in [0.3, 0.4) is 0 Å². The summed E-state index contributed by atoms with van der Waals surface area (Å²) in [5.41, 5.74) is 3.41. The summed E-state index contributed by atoms with van der Waals surface area (Å²) in [5.74, 6) is 0.793. The van der Waals surface area contributed by atoms with Crippen LogP contribution < -0.4 is 33.3 Å². The lowest BCUT2D eigenvalue weighted by Crippen LogP contribution is -3.00. The van der Waals surface area contributed by atoms with Gasteiger partial charge in [-0.25, -0.2) is 9.13 Å². The maximum Gasteiger partial charge on any atom is 0.244 e. The minimum absolute atomic E-state index is 0. The molecule has 0 amide bonds. The fourth-order valence-corrected chi connectivity index (χ4v) is 2.66. The lowest BCUT2D eigenvalue weighted by atomic mass is 10.2. The molecule has 1 N–H and O–H groups in total. The van der Waals surface area contributed by atoms with Gasteiger partial charge in [0.25, 0.3) is 0 Å². The monoisotopic (exact) mass is 424 g/mol. The van der Waals surface area contributed by atoms with E-state index < -0.39 is 6.10 Å². The van der Waals surface area contributed by atoms with Crippen molar-refractivity contribution in [1.82, 2.24) is 4.57 Å². The van der Waals surface area contributed by atoms with Gasteiger partial charge < -0.3 is 33.8 Å². The zero-order valence-corrected chi connectivity index (χ0v) is 15.5. The fourth-order valence-electron chi connectivity index (χ4n) is 2.66. The van der Waals surface area contributed by atoms with E-state index in [2.05, 4.69) is 21.3 Å². The Kier molecular flexibility index (Phi) is 6.01. The van der Waals surface area contributed by atoms with Crippen molar-refractivity contribution in [3.63, 3.8) is 0 Å². The molecule has 1 unspecified atom stereocenters. The smallest absolute Gasteiger partial charge is 0.244 e. The Bertz CT molecular complexity index is 786. The molecule has 122 valence electrons. The molecule has 0 saturated carbocycles. The summed E-state index contributed by atoms with van der Waals surface area (Å²) in [7, 11) is 2.01. The highest BCUT2D eigenvalue weighted by Gasteiger charge is 2.16. The quantitative estimate of drug-likeness (QED) is 0.431. The highest BCUT2D eigenvalue weighted by Crippen LogP contribution is 2.14. The number of para-hydroxylation sites is 2. The molecule has 0 radical (unpaired) electrons. The first-order chi connectivity index (χ1) is 10.6. The van der Waals surface area contributed by atoms with Gasteiger partial charge in [0.15, 0.2) is 11.0 Å². The molecule has 0 aliphatic heterocycles. The van der Waals surface area contributed by atoms with Crippen LogP contribution in [0.15, 0.2) is 54.9 Å². The third kappa shape index (κ3) is 4.23. The van der Waals surface area contributed by atoms with Crippen molar-refractivity contribution < 1.29 is 38.4 Å². The number of rotatable bonds is 5. The molecule has 2 aromatic carbocycles. The standard InChI is InChI=1S/C18H21N2O2.HI/c1-14-6-5-7-16(10-14)22-12-15(21)11-20-13-19(2)17-8-3-4-9-18(17)20;/h3-10,13,15,21H,11-12H2,1-2H3;1H/q+1;/p-1. The van der Waals surface area contributed by atoms with Gasteiger partial charge in [0.1, 0.15) is 25.0 Å². The predicted octanol–water partition coefficient (Wildman–Crippen LogP) is -0.782. The Morgan fingerprint density at radius 3 is 2.74 bits per heavy atom. The van der Waals surface area contributed by atoms with Crippen molar-refractivity contribution in [2.45, 2.75) is 19.6 Å². The second-order valence-electron chi connectivity index (χ2n) is 5.65. The van der Waals surface area contributed by atoms with Gasteiger partial charge in [-0.15, -0.1) is 0 Å². The number of aliphatic hydroxyl groups is 1. The number of aliphatic hydroxyl groups excluding tert-OH is 1. The molecule has 0 aliphatic carbocycles. The molecule has 1 aromatic heterocycles. The molecule has 0 fully saturated rings. The van der Waals surface area contributed by atoms with E-state index in [1.807, 2.05) is 56.7 Å². The molecule has 4 nitrogen and oxygen atoms in total. The van der Waals surface area contributed by atoms with E-state index in [4.69, 9.17) is 4.74 Å². The molecule has 1 heterocycles. The van der Waals surface area contributed by atoms with Crippen LogP contribution in [0, 0.1) is 6.92 Å². The summed E-state index contributed by atoms with van der Waals surface area (Å²) < 4.78 is 9.78. The summed E-state index contributed by atoms with van der Waals surface area (Å²) in [6, 6.07) is 16.0. The second kappa shape index (κ2) is 7.79. The van der Waals surface area contributed by atoms with Gasteiger partial charge in [-0.2, -0.15) is 0 Å². The summed E-state index contributed by atoms with van der Waals surface area (Å²) >= 11 is 0. The van der Waals surface area contributed by atoms with E-state index in [-0.39, 0.29) is 30.6 Å². The Balaban J connectivity index is 0.00000192. The van der Waals surface area contributed by atoms with Crippen molar-refractivity contribution in [3.8, 4) is 5.75 Å². The SMILES string of the molecule is Cc1cccc(OCC(O)Cn2c[n+](C)c3ccccc32)c1.[I-]. The van der Waals surface area contributed by atoms with Crippen molar-refractivity contribution in [1.29, 1.82) is 0 Å². The number of imidazole rings is 1. The molecular formula is C18H21IN2O2. The van der Waals surface area contributed by atoms with E-state index in [0.29, 0.717) is 6.54 Å². The number of nitrogens with zero attached hydrogens (tertiary/aromatic N) is 2. The molecule has 0 bridgehead atoms. The molecule has 3 rings (SSSR count). The first-order valence-electron chi connectivity index (χ1n) is 7.44. The Labute approximate surface area is 153 Å². The average molecular weight is 424 g/mol. The molecule has 23 heavy (non-hydrogen) atoms. The van der Waals surface area contributed by atoms with Crippen molar-refractivity contribution in [3.05, 3.63) is 60.4 Å². The average Bonchev–Trinajstić information content (AvgIpc) is 2.82. The normalized spacial score (nSPS) is 12.0. The lowest BCUT2D eigenvalue weighted by molar-refractivity contribution is -0.645. The number of hydrogen-bond donors (Lipinski definition) is 1. The van der Waals surface area contributed by atoms with Crippen LogP contribution in [0.5, 0.6) is 5.75 Å². The Morgan fingerprint density at radius 2 is 1.96 bits per heavy atom. The first-order valence-corrected chi connectivity index (χ1v) is 7.44. The van der Waals surface area contributed by atoms with E-state index in [0.717, 1.165) is 22.3 Å². The first kappa shape index (κ1) is 17.7. The number of hydrogen-bond acceptors (Lipinski definition) is 2. The Hall–Kier alpha value is -1.60. The van der Waals surface area contributed by atoms with Crippen LogP contribution in [-0.4, -0.2) is 22.4 Å². The molecule has 0 aliphatic rings. The minimum Gasteiger partial charge on any atom is -1.00 e. The maximum absolute atomic E-state index is 10.2. The number of halogens is 1. The fraction of sp³-hybridized carbons (Fsp3) is 0.278. The van der Waals surface area contributed by atoms with Crippen LogP contribution in [0.4, 0.5) is 0 Å². The number of aryl methyl sites for hydroxylation is 2. The van der Waals surface area contributed by atoms with Crippen molar-refractivity contribution in [2.24, 2.45) is 7.05 Å². The van der Waals surface area contributed by atoms with E-state index in [9.17, 15) is 5.11 Å². The van der Waals surface area contributed by atoms with Crippen LogP contribution in [-0.2, 0) is 13.6 Å². The largest absolute Gasteiger partial charge is 1.00 e. The molecule has 1 atom stereocenters. The molecule has 3 aromatic rings. The second-order valence-corrected chi connectivity index (χ2v) is 5.65.